The van der Waals surface area contributed by atoms with Crippen molar-refractivity contribution in [1.82, 2.24) is 14.5 Å². The maximum atomic E-state index is 10.2. The number of pyridine rings is 1. The number of imidazole rings is 1. The van der Waals surface area contributed by atoms with Crippen LogP contribution in [0.15, 0.2) is 42.6 Å². The van der Waals surface area contributed by atoms with Gasteiger partial charge >= 0.3 is 0 Å². The molecule has 0 amide bonds. The van der Waals surface area contributed by atoms with Crippen molar-refractivity contribution in [2.75, 3.05) is 0 Å². The second-order valence-electron chi connectivity index (χ2n) is 5.68. The Morgan fingerprint density at radius 1 is 1.24 bits per heavy atom. The van der Waals surface area contributed by atoms with Crippen LogP contribution in [-0.2, 0) is 6.54 Å². The smallest absolute Gasteiger partial charge is 0.159 e. The third-order valence-electron chi connectivity index (χ3n) is 3.15. The van der Waals surface area contributed by atoms with Gasteiger partial charge in [-0.1, -0.05) is 17.7 Å². The fourth-order valence-electron chi connectivity index (χ4n) is 2.33. The number of aliphatic hydroxyl groups is 1. The normalized spacial score (nSPS) is 12.0. The maximum Gasteiger partial charge on any atom is 0.159 e. The van der Waals surface area contributed by atoms with Crippen LogP contribution in [0, 0.1) is 0 Å². The average molecular weight is 302 g/mol. The summed E-state index contributed by atoms with van der Waals surface area (Å²) in [4.78, 5) is 9.00. The molecule has 5 heteroatoms. The molecule has 3 aromatic rings. The van der Waals surface area contributed by atoms with Crippen LogP contribution in [0.25, 0.3) is 22.6 Å². The molecule has 108 valence electrons. The SMILES string of the molecule is CC(C)(O)Cn1c(-c2ccccn2)nc2ccc(Cl)cc21. The zero-order valence-corrected chi connectivity index (χ0v) is 12.7. The van der Waals surface area contributed by atoms with Crippen molar-refractivity contribution >= 4 is 22.6 Å². The highest BCUT2D eigenvalue weighted by Crippen LogP contribution is 2.27. The van der Waals surface area contributed by atoms with Crippen LogP contribution in [0.4, 0.5) is 0 Å². The number of rotatable bonds is 3. The Morgan fingerprint density at radius 2 is 2.05 bits per heavy atom. The molecule has 0 bridgehead atoms. The largest absolute Gasteiger partial charge is 0.389 e. The van der Waals surface area contributed by atoms with E-state index < -0.39 is 5.60 Å². The monoisotopic (exact) mass is 301 g/mol. The summed E-state index contributed by atoms with van der Waals surface area (Å²) in [6, 6.07) is 11.2. The molecule has 0 radical (unpaired) electrons. The summed E-state index contributed by atoms with van der Waals surface area (Å²) in [7, 11) is 0. The number of halogens is 1. The number of benzene rings is 1. The molecule has 0 spiro atoms. The van der Waals surface area contributed by atoms with Gasteiger partial charge in [0.25, 0.3) is 0 Å². The Morgan fingerprint density at radius 3 is 2.71 bits per heavy atom. The molecule has 0 saturated heterocycles. The van der Waals surface area contributed by atoms with E-state index in [2.05, 4.69) is 9.97 Å². The lowest BCUT2D eigenvalue weighted by atomic mass is 10.1. The van der Waals surface area contributed by atoms with E-state index in [-0.39, 0.29) is 0 Å². The highest BCUT2D eigenvalue weighted by atomic mass is 35.5. The molecule has 0 fully saturated rings. The van der Waals surface area contributed by atoms with Gasteiger partial charge in [0.2, 0.25) is 0 Å². The van der Waals surface area contributed by atoms with Gasteiger partial charge in [0.1, 0.15) is 5.69 Å². The second-order valence-corrected chi connectivity index (χ2v) is 6.12. The van der Waals surface area contributed by atoms with Gasteiger partial charge in [-0.2, -0.15) is 0 Å². The first-order chi connectivity index (χ1) is 9.94. The molecular formula is C16H16ClN3O. The predicted octanol–water partition coefficient (Wildman–Crippen LogP) is 3.52. The first-order valence-electron chi connectivity index (χ1n) is 6.74. The first kappa shape index (κ1) is 14.0. The molecule has 2 heterocycles. The van der Waals surface area contributed by atoms with Crippen LogP contribution >= 0.6 is 11.6 Å². The average Bonchev–Trinajstić information content (AvgIpc) is 2.76. The van der Waals surface area contributed by atoms with Crippen molar-refractivity contribution in [2.24, 2.45) is 0 Å². The van der Waals surface area contributed by atoms with Gasteiger partial charge in [-0.25, -0.2) is 4.98 Å². The summed E-state index contributed by atoms with van der Waals surface area (Å²) < 4.78 is 1.96. The number of nitrogens with zero attached hydrogens (tertiary/aromatic N) is 3. The molecule has 2 aromatic heterocycles. The van der Waals surface area contributed by atoms with E-state index >= 15 is 0 Å². The van der Waals surface area contributed by atoms with E-state index in [4.69, 9.17) is 11.6 Å². The van der Waals surface area contributed by atoms with Crippen molar-refractivity contribution in [1.29, 1.82) is 0 Å². The van der Waals surface area contributed by atoms with Gasteiger partial charge in [0.05, 0.1) is 23.2 Å². The van der Waals surface area contributed by atoms with Crippen LogP contribution in [0.2, 0.25) is 5.02 Å². The fraction of sp³-hybridized carbons (Fsp3) is 0.250. The lowest BCUT2D eigenvalue weighted by Crippen LogP contribution is -2.26. The zero-order valence-electron chi connectivity index (χ0n) is 11.9. The van der Waals surface area contributed by atoms with Gasteiger partial charge in [-0.15, -0.1) is 0 Å². The molecule has 1 aromatic carbocycles. The van der Waals surface area contributed by atoms with Crippen LogP contribution < -0.4 is 0 Å². The number of hydrogen-bond donors (Lipinski definition) is 1. The lowest BCUT2D eigenvalue weighted by molar-refractivity contribution is 0.0631. The van der Waals surface area contributed by atoms with Gasteiger partial charge in [0, 0.05) is 11.2 Å². The van der Waals surface area contributed by atoms with Crippen molar-refractivity contribution in [3.8, 4) is 11.5 Å². The van der Waals surface area contributed by atoms with Crippen LogP contribution in [0.5, 0.6) is 0 Å². The standard InChI is InChI=1S/C16H16ClN3O/c1-16(2,21)10-20-14-9-11(17)6-7-12(14)19-15(20)13-5-3-4-8-18-13/h3-9,21H,10H2,1-2H3. The summed E-state index contributed by atoms with van der Waals surface area (Å²) in [5.74, 6) is 0.731. The van der Waals surface area contributed by atoms with Crippen LogP contribution in [0.3, 0.4) is 0 Å². The zero-order chi connectivity index (χ0) is 15.0. The summed E-state index contributed by atoms with van der Waals surface area (Å²) in [5, 5.41) is 10.8. The van der Waals surface area contributed by atoms with Gasteiger partial charge in [-0.05, 0) is 44.2 Å². The molecule has 0 aliphatic rings. The molecular weight excluding hydrogens is 286 g/mol. The molecule has 0 unspecified atom stereocenters. The van der Waals surface area contributed by atoms with E-state index in [0.717, 1.165) is 22.6 Å². The van der Waals surface area contributed by atoms with Gasteiger partial charge in [-0.3, -0.25) is 4.98 Å². The van der Waals surface area contributed by atoms with E-state index in [9.17, 15) is 5.11 Å². The van der Waals surface area contributed by atoms with Gasteiger partial charge in [0.15, 0.2) is 5.82 Å². The lowest BCUT2D eigenvalue weighted by Gasteiger charge is -2.20. The van der Waals surface area contributed by atoms with Crippen molar-refractivity contribution in [3.05, 3.63) is 47.6 Å². The van der Waals surface area contributed by atoms with E-state index in [1.807, 2.05) is 41.0 Å². The summed E-state index contributed by atoms with van der Waals surface area (Å²) in [5.41, 5.74) is 1.64. The summed E-state index contributed by atoms with van der Waals surface area (Å²) in [6.07, 6.45) is 1.73. The molecule has 1 N–H and O–H groups in total. The topological polar surface area (TPSA) is 50.9 Å². The Kier molecular flexibility index (Phi) is 3.43. The second kappa shape index (κ2) is 5.13. The van der Waals surface area contributed by atoms with E-state index in [0.29, 0.717) is 11.6 Å². The first-order valence-corrected chi connectivity index (χ1v) is 7.11. The molecule has 0 saturated carbocycles. The Hall–Kier alpha value is -1.91. The Labute approximate surface area is 128 Å². The number of aromatic nitrogens is 3. The highest BCUT2D eigenvalue weighted by molar-refractivity contribution is 6.31. The fourth-order valence-corrected chi connectivity index (χ4v) is 2.50. The Balaban J connectivity index is 2.25. The molecule has 0 aliphatic heterocycles. The minimum Gasteiger partial charge on any atom is -0.389 e. The van der Waals surface area contributed by atoms with Crippen molar-refractivity contribution < 1.29 is 5.11 Å². The molecule has 3 rings (SSSR count). The quantitative estimate of drug-likeness (QED) is 0.805. The highest BCUT2D eigenvalue weighted by Gasteiger charge is 2.20. The predicted molar refractivity (Wildman–Crippen MR) is 84.3 cm³/mol. The maximum absolute atomic E-state index is 10.2. The van der Waals surface area contributed by atoms with Crippen molar-refractivity contribution in [3.63, 3.8) is 0 Å². The minimum atomic E-state index is -0.862. The van der Waals surface area contributed by atoms with Crippen LogP contribution in [0.1, 0.15) is 13.8 Å². The molecule has 21 heavy (non-hydrogen) atoms. The van der Waals surface area contributed by atoms with Crippen LogP contribution in [-0.4, -0.2) is 25.2 Å². The molecule has 4 nitrogen and oxygen atoms in total. The Bertz CT molecular complexity index is 775. The third-order valence-corrected chi connectivity index (χ3v) is 3.38. The summed E-state index contributed by atoms with van der Waals surface area (Å²) >= 11 is 6.10. The minimum absolute atomic E-state index is 0.412. The number of fused-ring (bicyclic) bond motifs is 1. The number of hydrogen-bond acceptors (Lipinski definition) is 3. The van der Waals surface area contributed by atoms with E-state index in [1.165, 1.54) is 0 Å². The molecule has 0 aliphatic carbocycles. The molecule has 0 atom stereocenters. The summed E-state index contributed by atoms with van der Waals surface area (Å²) in [6.45, 7) is 3.95. The third kappa shape index (κ3) is 2.91. The van der Waals surface area contributed by atoms with Gasteiger partial charge < -0.3 is 9.67 Å². The van der Waals surface area contributed by atoms with E-state index in [1.54, 1.807) is 20.0 Å². The van der Waals surface area contributed by atoms with Crippen molar-refractivity contribution in [2.45, 2.75) is 26.0 Å².